The van der Waals surface area contributed by atoms with Gasteiger partial charge in [0.25, 0.3) is 0 Å². The second-order valence-electron chi connectivity index (χ2n) is 8.58. The summed E-state index contributed by atoms with van der Waals surface area (Å²) < 4.78 is 12.5. The average molecular weight is 444 g/mol. The lowest BCUT2D eigenvalue weighted by Gasteiger charge is -2.41. The van der Waals surface area contributed by atoms with Gasteiger partial charge < -0.3 is 14.4 Å². The molecule has 2 fully saturated rings. The fourth-order valence-electron chi connectivity index (χ4n) is 5.07. The van der Waals surface area contributed by atoms with Crippen molar-refractivity contribution < 1.29 is 14.3 Å². The second-order valence-corrected chi connectivity index (χ2v) is 9.53. The lowest BCUT2D eigenvalue weighted by atomic mass is 9.88. The van der Waals surface area contributed by atoms with Gasteiger partial charge in [0.2, 0.25) is 17.9 Å². The number of hydrogen-bond donors (Lipinski definition) is 0. The first-order chi connectivity index (χ1) is 15.3. The molecule has 0 atom stereocenters. The third-order valence-electron chi connectivity index (χ3n) is 6.59. The SMILES string of the molecule is O=C(CSc1nnnn1-c1ccc2c(c1)OCO2)N(C1CCCCC1)C1CCCCC1. The Balaban J connectivity index is 1.29. The Morgan fingerprint density at radius 3 is 2.39 bits per heavy atom. The Morgan fingerprint density at radius 2 is 1.68 bits per heavy atom. The molecule has 2 aliphatic carbocycles. The molecule has 0 radical (unpaired) electrons. The fourth-order valence-corrected chi connectivity index (χ4v) is 5.83. The highest BCUT2D eigenvalue weighted by Gasteiger charge is 2.32. The molecular formula is C22H29N5O3S. The minimum Gasteiger partial charge on any atom is -0.454 e. The first kappa shape index (κ1) is 20.6. The van der Waals surface area contributed by atoms with Crippen molar-refractivity contribution in [2.75, 3.05) is 12.5 Å². The molecular weight excluding hydrogens is 414 g/mol. The molecule has 0 unspecified atom stereocenters. The molecule has 0 spiro atoms. The van der Waals surface area contributed by atoms with Crippen LogP contribution in [0, 0.1) is 0 Å². The van der Waals surface area contributed by atoms with Gasteiger partial charge in [0.05, 0.1) is 11.4 Å². The van der Waals surface area contributed by atoms with Gasteiger partial charge in [-0.3, -0.25) is 4.79 Å². The number of tetrazole rings is 1. The number of rotatable bonds is 6. The summed E-state index contributed by atoms with van der Waals surface area (Å²) in [6.07, 6.45) is 12.1. The van der Waals surface area contributed by atoms with Crippen LogP contribution in [0.2, 0.25) is 0 Å². The van der Waals surface area contributed by atoms with Gasteiger partial charge in [0.1, 0.15) is 0 Å². The minimum atomic E-state index is 0.225. The summed E-state index contributed by atoms with van der Waals surface area (Å²) in [5, 5.41) is 12.7. The Hall–Kier alpha value is -2.29. The summed E-state index contributed by atoms with van der Waals surface area (Å²) in [5.41, 5.74) is 0.792. The van der Waals surface area contributed by atoms with E-state index in [0.717, 1.165) is 37.1 Å². The summed E-state index contributed by atoms with van der Waals surface area (Å²) in [5.74, 6) is 1.99. The molecule has 9 heteroatoms. The molecule has 0 N–H and O–H groups in total. The van der Waals surface area contributed by atoms with Crippen LogP contribution in [0.15, 0.2) is 23.4 Å². The van der Waals surface area contributed by atoms with E-state index in [4.69, 9.17) is 9.47 Å². The second kappa shape index (κ2) is 9.46. The van der Waals surface area contributed by atoms with Crippen molar-refractivity contribution in [3.8, 4) is 17.2 Å². The van der Waals surface area contributed by atoms with Crippen LogP contribution in [0.5, 0.6) is 11.5 Å². The van der Waals surface area contributed by atoms with Gasteiger partial charge in [-0.2, -0.15) is 4.68 Å². The third-order valence-corrected chi connectivity index (χ3v) is 7.49. The van der Waals surface area contributed by atoms with Gasteiger partial charge in [0, 0.05) is 18.2 Å². The summed E-state index contributed by atoms with van der Waals surface area (Å²) in [6.45, 7) is 0.225. The number of amides is 1. The van der Waals surface area contributed by atoms with Gasteiger partial charge >= 0.3 is 0 Å². The predicted molar refractivity (Wildman–Crippen MR) is 117 cm³/mol. The number of benzene rings is 1. The van der Waals surface area contributed by atoms with E-state index in [9.17, 15) is 4.79 Å². The molecule has 166 valence electrons. The molecule has 0 saturated heterocycles. The standard InChI is InChI=1S/C22H29N5O3S/c28-21(26(16-7-3-1-4-8-16)17-9-5-2-6-10-17)14-31-22-23-24-25-27(22)18-11-12-19-20(13-18)30-15-29-19/h11-13,16-17H,1-10,14-15H2. The molecule has 1 aromatic carbocycles. The Kier molecular flexibility index (Phi) is 6.29. The highest BCUT2D eigenvalue weighted by atomic mass is 32.2. The van der Waals surface area contributed by atoms with Crippen LogP contribution in [0.25, 0.3) is 5.69 Å². The first-order valence-corrected chi connectivity index (χ1v) is 12.4. The van der Waals surface area contributed by atoms with Crippen molar-refractivity contribution in [1.29, 1.82) is 0 Å². The van der Waals surface area contributed by atoms with Gasteiger partial charge in [0.15, 0.2) is 11.5 Å². The van der Waals surface area contributed by atoms with Crippen molar-refractivity contribution in [2.45, 2.75) is 81.4 Å². The molecule has 5 rings (SSSR count). The number of fused-ring (bicyclic) bond motifs is 1. The zero-order chi connectivity index (χ0) is 21.0. The van der Waals surface area contributed by atoms with Crippen molar-refractivity contribution >= 4 is 17.7 Å². The van der Waals surface area contributed by atoms with Crippen LogP contribution in [-0.4, -0.2) is 55.6 Å². The molecule has 0 bridgehead atoms. The summed E-state index contributed by atoms with van der Waals surface area (Å²) in [4.78, 5) is 15.7. The molecule has 3 aliphatic rings. The molecule has 1 aromatic heterocycles. The average Bonchev–Trinajstić information content (AvgIpc) is 3.48. The summed E-state index contributed by atoms with van der Waals surface area (Å²) in [7, 11) is 0. The zero-order valence-corrected chi connectivity index (χ0v) is 18.6. The molecule has 2 heterocycles. The van der Waals surface area contributed by atoms with Crippen LogP contribution in [-0.2, 0) is 4.79 Å². The van der Waals surface area contributed by atoms with E-state index in [-0.39, 0.29) is 12.7 Å². The molecule has 8 nitrogen and oxygen atoms in total. The van der Waals surface area contributed by atoms with Crippen LogP contribution in [0.1, 0.15) is 64.2 Å². The van der Waals surface area contributed by atoms with Crippen LogP contribution >= 0.6 is 11.8 Å². The van der Waals surface area contributed by atoms with Crippen LogP contribution in [0.3, 0.4) is 0 Å². The maximum absolute atomic E-state index is 13.4. The monoisotopic (exact) mass is 443 g/mol. The minimum absolute atomic E-state index is 0.225. The van der Waals surface area contributed by atoms with E-state index in [1.807, 2.05) is 18.2 Å². The number of hydrogen-bond acceptors (Lipinski definition) is 7. The smallest absolute Gasteiger partial charge is 0.233 e. The quantitative estimate of drug-likeness (QED) is 0.625. The number of aromatic nitrogens is 4. The highest BCUT2D eigenvalue weighted by molar-refractivity contribution is 7.99. The summed E-state index contributed by atoms with van der Waals surface area (Å²) in [6, 6.07) is 6.41. The molecule has 2 aromatic rings. The maximum Gasteiger partial charge on any atom is 0.233 e. The van der Waals surface area contributed by atoms with Crippen LogP contribution < -0.4 is 9.47 Å². The number of nitrogens with zero attached hydrogens (tertiary/aromatic N) is 5. The van der Waals surface area contributed by atoms with Gasteiger partial charge in [-0.05, 0) is 48.2 Å². The summed E-state index contributed by atoms with van der Waals surface area (Å²) >= 11 is 1.41. The first-order valence-electron chi connectivity index (χ1n) is 11.4. The topological polar surface area (TPSA) is 82.4 Å². The van der Waals surface area contributed by atoms with E-state index in [1.165, 1.54) is 50.3 Å². The number of ether oxygens (including phenoxy) is 2. The van der Waals surface area contributed by atoms with Gasteiger partial charge in [-0.1, -0.05) is 50.3 Å². The maximum atomic E-state index is 13.4. The predicted octanol–water partition coefficient (Wildman–Crippen LogP) is 3.98. The zero-order valence-electron chi connectivity index (χ0n) is 17.7. The van der Waals surface area contributed by atoms with Crippen molar-refractivity contribution in [2.24, 2.45) is 0 Å². The van der Waals surface area contributed by atoms with Gasteiger partial charge in [-0.15, -0.1) is 5.10 Å². The molecule has 1 aliphatic heterocycles. The highest BCUT2D eigenvalue weighted by Crippen LogP contribution is 2.35. The lowest BCUT2D eigenvalue weighted by molar-refractivity contribution is -0.135. The number of carbonyl (C=O) groups is 1. The third kappa shape index (κ3) is 4.51. The van der Waals surface area contributed by atoms with E-state index < -0.39 is 0 Å². The lowest BCUT2D eigenvalue weighted by Crippen LogP contribution is -2.49. The van der Waals surface area contributed by atoms with Gasteiger partial charge in [-0.25, -0.2) is 0 Å². The Labute approximate surface area is 186 Å². The fraction of sp³-hybridized carbons (Fsp3) is 0.636. The molecule has 31 heavy (non-hydrogen) atoms. The molecule has 1 amide bonds. The molecule has 2 saturated carbocycles. The van der Waals surface area contributed by atoms with E-state index in [1.54, 1.807) is 4.68 Å². The van der Waals surface area contributed by atoms with Crippen molar-refractivity contribution in [3.63, 3.8) is 0 Å². The Morgan fingerprint density at radius 1 is 1.00 bits per heavy atom. The Bertz CT molecular complexity index is 890. The van der Waals surface area contributed by atoms with E-state index in [2.05, 4.69) is 20.4 Å². The van der Waals surface area contributed by atoms with Crippen LogP contribution in [0.4, 0.5) is 0 Å². The van der Waals surface area contributed by atoms with E-state index >= 15 is 0 Å². The van der Waals surface area contributed by atoms with Crippen molar-refractivity contribution in [1.82, 2.24) is 25.1 Å². The normalized spacial score (nSPS) is 19.5. The largest absolute Gasteiger partial charge is 0.454 e. The number of thioether (sulfide) groups is 1. The number of carbonyl (C=O) groups excluding carboxylic acids is 1. The van der Waals surface area contributed by atoms with Crippen molar-refractivity contribution in [3.05, 3.63) is 18.2 Å². The van der Waals surface area contributed by atoms with E-state index in [0.29, 0.717) is 28.7 Å².